The van der Waals surface area contributed by atoms with Gasteiger partial charge in [0.25, 0.3) is 0 Å². The first-order chi connectivity index (χ1) is 12.3. The molecule has 126 valence electrons. The second kappa shape index (κ2) is 6.84. The second-order valence-corrected chi connectivity index (χ2v) is 6.13. The summed E-state index contributed by atoms with van der Waals surface area (Å²) in [7, 11) is 0. The minimum atomic E-state index is 0.904. The minimum absolute atomic E-state index is 0.904. The highest BCUT2D eigenvalue weighted by molar-refractivity contribution is 5.62. The van der Waals surface area contributed by atoms with Crippen LogP contribution in [0.3, 0.4) is 0 Å². The number of rotatable bonds is 3. The Morgan fingerprint density at radius 3 is 2.16 bits per heavy atom. The molecule has 0 atom stereocenters. The lowest BCUT2D eigenvalue weighted by atomic mass is 10.1. The molecule has 0 unspecified atom stereocenters. The van der Waals surface area contributed by atoms with Gasteiger partial charge in [0.05, 0.1) is 11.4 Å². The molecule has 0 saturated carbocycles. The van der Waals surface area contributed by atoms with Gasteiger partial charge in [-0.05, 0) is 19.1 Å². The maximum atomic E-state index is 4.47. The lowest BCUT2D eigenvalue weighted by Gasteiger charge is -2.35. The first kappa shape index (κ1) is 15.5. The van der Waals surface area contributed by atoms with Gasteiger partial charge < -0.3 is 9.80 Å². The molecule has 0 bridgehead atoms. The molecular weight excluding hydrogens is 312 g/mol. The smallest absolute Gasteiger partial charge is 0.151 e. The Balaban J connectivity index is 1.47. The van der Waals surface area contributed by atoms with Crippen molar-refractivity contribution >= 4 is 11.6 Å². The molecule has 1 saturated heterocycles. The first-order valence-electron chi connectivity index (χ1n) is 8.47. The summed E-state index contributed by atoms with van der Waals surface area (Å²) >= 11 is 0. The summed E-state index contributed by atoms with van der Waals surface area (Å²) in [6, 6.07) is 16.3. The van der Waals surface area contributed by atoms with Crippen LogP contribution in [0.4, 0.5) is 11.6 Å². The summed E-state index contributed by atoms with van der Waals surface area (Å²) < 4.78 is 0. The maximum absolute atomic E-state index is 4.47. The molecule has 25 heavy (non-hydrogen) atoms. The van der Waals surface area contributed by atoms with E-state index in [9.17, 15) is 0 Å². The fraction of sp³-hybridized carbons (Fsp3) is 0.263. The molecule has 3 heterocycles. The molecule has 0 amide bonds. The molecule has 1 aliphatic heterocycles. The fourth-order valence-electron chi connectivity index (χ4n) is 3.01. The van der Waals surface area contributed by atoms with Gasteiger partial charge in [-0.15, -0.1) is 5.10 Å². The highest BCUT2D eigenvalue weighted by atomic mass is 15.3. The number of nitrogens with zero attached hydrogens (tertiary/aromatic N) is 6. The minimum Gasteiger partial charge on any atom is -0.353 e. The van der Waals surface area contributed by atoms with Crippen molar-refractivity contribution in [2.45, 2.75) is 6.92 Å². The lowest BCUT2D eigenvalue weighted by Crippen LogP contribution is -2.47. The van der Waals surface area contributed by atoms with Crippen LogP contribution < -0.4 is 9.80 Å². The van der Waals surface area contributed by atoms with E-state index in [2.05, 4.69) is 48.2 Å². The summed E-state index contributed by atoms with van der Waals surface area (Å²) in [6.07, 6.45) is 1.65. The van der Waals surface area contributed by atoms with Crippen molar-refractivity contribution < 1.29 is 0 Å². The van der Waals surface area contributed by atoms with Crippen LogP contribution in [0.1, 0.15) is 5.69 Å². The van der Waals surface area contributed by atoms with Gasteiger partial charge >= 0.3 is 0 Å². The fourth-order valence-corrected chi connectivity index (χ4v) is 3.01. The summed E-state index contributed by atoms with van der Waals surface area (Å²) in [6.45, 7) is 5.57. The van der Waals surface area contributed by atoms with E-state index in [-0.39, 0.29) is 0 Å². The van der Waals surface area contributed by atoms with E-state index in [0.29, 0.717) is 0 Å². The van der Waals surface area contributed by atoms with Gasteiger partial charge in [0.15, 0.2) is 5.82 Å². The van der Waals surface area contributed by atoms with E-state index >= 15 is 0 Å². The topological polar surface area (TPSA) is 58.0 Å². The molecule has 4 rings (SSSR count). The Morgan fingerprint density at radius 2 is 1.48 bits per heavy atom. The number of hydrogen-bond acceptors (Lipinski definition) is 6. The van der Waals surface area contributed by atoms with Crippen LogP contribution in [0, 0.1) is 6.92 Å². The SMILES string of the molecule is Cc1ccc(N2CCN(c3cc(-c4ccccc4)ncn3)CC2)nn1. The van der Waals surface area contributed by atoms with Crippen molar-refractivity contribution in [2.24, 2.45) is 0 Å². The van der Waals surface area contributed by atoms with Crippen molar-refractivity contribution in [3.8, 4) is 11.3 Å². The summed E-state index contributed by atoms with van der Waals surface area (Å²) in [4.78, 5) is 13.4. The van der Waals surface area contributed by atoms with Gasteiger partial charge in [-0.1, -0.05) is 30.3 Å². The molecule has 0 N–H and O–H groups in total. The second-order valence-electron chi connectivity index (χ2n) is 6.13. The molecule has 1 aliphatic rings. The molecule has 1 fully saturated rings. The molecule has 1 aromatic carbocycles. The molecule has 0 spiro atoms. The third-order valence-corrected chi connectivity index (χ3v) is 4.43. The van der Waals surface area contributed by atoms with Gasteiger partial charge in [0.1, 0.15) is 12.1 Å². The first-order valence-corrected chi connectivity index (χ1v) is 8.47. The third kappa shape index (κ3) is 3.42. The van der Waals surface area contributed by atoms with Crippen LogP contribution >= 0.6 is 0 Å². The Kier molecular flexibility index (Phi) is 4.24. The lowest BCUT2D eigenvalue weighted by molar-refractivity contribution is 0.637. The molecule has 6 nitrogen and oxygen atoms in total. The van der Waals surface area contributed by atoms with Crippen molar-refractivity contribution in [2.75, 3.05) is 36.0 Å². The molecule has 0 radical (unpaired) electrons. The largest absolute Gasteiger partial charge is 0.353 e. The molecule has 2 aromatic heterocycles. The van der Waals surface area contributed by atoms with Crippen LogP contribution in [-0.4, -0.2) is 46.3 Å². The summed E-state index contributed by atoms with van der Waals surface area (Å²) in [5, 5.41) is 8.44. The Hall–Kier alpha value is -3.02. The van der Waals surface area contributed by atoms with Crippen LogP contribution in [0.15, 0.2) is 54.9 Å². The van der Waals surface area contributed by atoms with Crippen molar-refractivity contribution in [1.29, 1.82) is 0 Å². The van der Waals surface area contributed by atoms with E-state index in [1.54, 1.807) is 6.33 Å². The zero-order valence-electron chi connectivity index (χ0n) is 14.2. The average Bonchev–Trinajstić information content (AvgIpc) is 2.70. The number of aryl methyl sites for hydroxylation is 1. The van der Waals surface area contributed by atoms with Crippen LogP contribution in [0.5, 0.6) is 0 Å². The Bertz CT molecular complexity index is 826. The predicted octanol–water partition coefficient (Wildman–Crippen LogP) is 2.57. The van der Waals surface area contributed by atoms with Crippen molar-refractivity contribution in [3.05, 3.63) is 60.6 Å². The van der Waals surface area contributed by atoms with Crippen molar-refractivity contribution in [1.82, 2.24) is 20.2 Å². The van der Waals surface area contributed by atoms with Crippen LogP contribution in [-0.2, 0) is 0 Å². The van der Waals surface area contributed by atoms with Gasteiger partial charge in [0, 0.05) is 37.8 Å². The van der Waals surface area contributed by atoms with Gasteiger partial charge in [-0.25, -0.2) is 9.97 Å². The van der Waals surface area contributed by atoms with E-state index in [0.717, 1.165) is 54.8 Å². The van der Waals surface area contributed by atoms with Gasteiger partial charge in [-0.2, -0.15) is 5.10 Å². The normalized spacial score (nSPS) is 14.6. The molecular formula is C19H20N6. The van der Waals surface area contributed by atoms with Crippen LogP contribution in [0.25, 0.3) is 11.3 Å². The Morgan fingerprint density at radius 1 is 0.760 bits per heavy atom. The zero-order chi connectivity index (χ0) is 17.1. The van der Waals surface area contributed by atoms with Crippen LogP contribution in [0.2, 0.25) is 0 Å². The summed E-state index contributed by atoms with van der Waals surface area (Å²) in [5.41, 5.74) is 3.01. The molecule has 6 heteroatoms. The average molecular weight is 332 g/mol. The molecule has 0 aliphatic carbocycles. The maximum Gasteiger partial charge on any atom is 0.151 e. The van der Waals surface area contributed by atoms with Crippen molar-refractivity contribution in [3.63, 3.8) is 0 Å². The number of benzene rings is 1. The van der Waals surface area contributed by atoms with E-state index in [4.69, 9.17) is 0 Å². The summed E-state index contributed by atoms with van der Waals surface area (Å²) in [5.74, 6) is 1.92. The van der Waals surface area contributed by atoms with Gasteiger partial charge in [-0.3, -0.25) is 0 Å². The highest BCUT2D eigenvalue weighted by Gasteiger charge is 2.19. The predicted molar refractivity (Wildman–Crippen MR) is 98.7 cm³/mol. The van der Waals surface area contributed by atoms with Gasteiger partial charge in [0.2, 0.25) is 0 Å². The van der Waals surface area contributed by atoms with E-state index in [1.807, 2.05) is 37.3 Å². The number of hydrogen-bond donors (Lipinski definition) is 0. The van der Waals surface area contributed by atoms with E-state index < -0.39 is 0 Å². The van der Waals surface area contributed by atoms with E-state index in [1.165, 1.54) is 0 Å². The number of anilines is 2. The highest BCUT2D eigenvalue weighted by Crippen LogP contribution is 2.22. The third-order valence-electron chi connectivity index (χ3n) is 4.43. The monoisotopic (exact) mass is 332 g/mol. The standard InChI is InChI=1S/C19H20N6/c1-15-7-8-18(23-22-15)24-9-11-25(12-10-24)19-13-17(20-14-21-19)16-5-3-2-4-6-16/h2-8,13-14H,9-12H2,1H3. The number of piperazine rings is 1. The zero-order valence-corrected chi connectivity index (χ0v) is 14.2. The quantitative estimate of drug-likeness (QED) is 0.735. The number of aromatic nitrogens is 4. The Labute approximate surface area is 147 Å². The molecule has 3 aromatic rings.